The predicted molar refractivity (Wildman–Crippen MR) is 122 cm³/mol. The van der Waals surface area contributed by atoms with E-state index >= 15 is 0 Å². The normalized spacial score (nSPS) is 17.1. The van der Waals surface area contributed by atoms with Crippen molar-refractivity contribution in [2.24, 2.45) is 5.92 Å². The van der Waals surface area contributed by atoms with Gasteiger partial charge in [-0.3, -0.25) is 4.79 Å². The van der Waals surface area contributed by atoms with E-state index in [4.69, 9.17) is 4.42 Å². The Balaban J connectivity index is 1.56. The van der Waals surface area contributed by atoms with Crippen LogP contribution in [0.5, 0.6) is 0 Å². The maximum atomic E-state index is 12.7. The Bertz CT molecular complexity index is 1030. The molecule has 168 valence electrons. The number of likely N-dealkylation sites (N-methyl/N-ethyl adjacent to an activating group) is 1. The Morgan fingerprint density at radius 3 is 2.28 bits per heavy atom. The van der Waals surface area contributed by atoms with Crippen molar-refractivity contribution in [1.82, 2.24) is 10.2 Å². The van der Waals surface area contributed by atoms with Crippen molar-refractivity contribution in [3.63, 3.8) is 0 Å². The summed E-state index contributed by atoms with van der Waals surface area (Å²) < 4.78 is 6.46. The molecular weight excluding hydrogens is 402 g/mol. The third kappa shape index (κ3) is 4.81. The van der Waals surface area contributed by atoms with E-state index in [1.54, 1.807) is 0 Å². The van der Waals surface area contributed by atoms with Crippen molar-refractivity contribution < 1.29 is 18.8 Å². The molecule has 0 saturated heterocycles. The molecule has 6 heteroatoms. The zero-order chi connectivity index (χ0) is 22.6. The van der Waals surface area contributed by atoms with Crippen LogP contribution in [0.2, 0.25) is 0 Å². The van der Waals surface area contributed by atoms with Crippen LogP contribution < -0.4 is 0 Å². The monoisotopic (exact) mass is 434 g/mol. The van der Waals surface area contributed by atoms with Crippen molar-refractivity contribution in [1.29, 1.82) is 0 Å². The van der Waals surface area contributed by atoms with Gasteiger partial charge in [0.05, 0.1) is 14.1 Å². The van der Waals surface area contributed by atoms with Gasteiger partial charge in [-0.15, -0.1) is 10.2 Å². The van der Waals surface area contributed by atoms with Crippen LogP contribution in [-0.4, -0.2) is 46.2 Å². The molecule has 0 amide bonds. The van der Waals surface area contributed by atoms with Gasteiger partial charge in [0.2, 0.25) is 5.78 Å². The molecule has 1 unspecified atom stereocenters. The van der Waals surface area contributed by atoms with E-state index in [0.717, 1.165) is 31.2 Å². The fraction of sp³-hybridized carbons (Fsp3) is 0.423. The molecule has 0 aliphatic heterocycles. The molecule has 1 fully saturated rings. The zero-order valence-electron chi connectivity index (χ0n) is 18.9. The van der Waals surface area contributed by atoms with Crippen LogP contribution in [0, 0.1) is 5.92 Å². The van der Waals surface area contributed by atoms with Crippen molar-refractivity contribution in [2.45, 2.75) is 44.2 Å². The van der Waals surface area contributed by atoms with Crippen molar-refractivity contribution in [3.8, 4) is 0 Å². The van der Waals surface area contributed by atoms with Crippen molar-refractivity contribution >= 4 is 5.78 Å². The molecule has 1 atom stereocenters. The van der Waals surface area contributed by atoms with Gasteiger partial charge in [0, 0.05) is 11.5 Å². The number of nitrogens with zero attached hydrogens (tertiary/aromatic N) is 3. The van der Waals surface area contributed by atoms with E-state index in [1.807, 2.05) is 74.8 Å². The van der Waals surface area contributed by atoms with E-state index in [2.05, 4.69) is 10.2 Å². The van der Waals surface area contributed by atoms with Crippen molar-refractivity contribution in [2.75, 3.05) is 20.6 Å². The van der Waals surface area contributed by atoms with Gasteiger partial charge in [-0.05, 0) is 18.4 Å². The van der Waals surface area contributed by atoms with E-state index in [0.29, 0.717) is 29.0 Å². The topological polar surface area (TPSA) is 76.2 Å². The molecule has 3 aromatic rings. The number of aromatic nitrogens is 2. The molecule has 1 N–H and O–H groups in total. The smallest absolute Gasteiger partial charge is 0.271 e. The van der Waals surface area contributed by atoms with Gasteiger partial charge < -0.3 is 14.0 Å². The molecule has 1 aliphatic rings. The van der Waals surface area contributed by atoms with Crippen LogP contribution in [0.1, 0.15) is 59.8 Å². The lowest BCUT2D eigenvalue weighted by Gasteiger charge is -2.36. The van der Waals surface area contributed by atoms with E-state index < -0.39 is 5.60 Å². The summed E-state index contributed by atoms with van der Waals surface area (Å²) >= 11 is 0. The lowest BCUT2D eigenvalue weighted by atomic mass is 9.73. The molecule has 6 nitrogen and oxygen atoms in total. The number of aliphatic hydroxyl groups is 1. The molecule has 4 rings (SSSR count). The lowest BCUT2D eigenvalue weighted by molar-refractivity contribution is -0.896. The fourth-order valence-corrected chi connectivity index (χ4v) is 4.74. The second kappa shape index (κ2) is 9.35. The van der Waals surface area contributed by atoms with Gasteiger partial charge in [0.1, 0.15) is 6.54 Å². The van der Waals surface area contributed by atoms with E-state index in [-0.39, 0.29) is 17.6 Å². The first-order valence-corrected chi connectivity index (χ1v) is 11.4. The van der Waals surface area contributed by atoms with Crippen molar-refractivity contribution in [3.05, 3.63) is 83.6 Å². The lowest BCUT2D eigenvalue weighted by Crippen LogP contribution is -2.43. The highest BCUT2D eigenvalue weighted by Crippen LogP contribution is 2.43. The standard InChI is InChI=1S/C26H32N3O3/c1-29(2,18-23(30)20-12-6-3-7-13-20)19-24-27-28-25(32-24)26(31,21-14-8-4-9-15-21)22-16-10-5-11-17-22/h3-4,6-9,12-15,22,31H,5,10-11,16-19H2,1-2H3/q+1. The highest BCUT2D eigenvalue weighted by atomic mass is 16.4. The first-order valence-electron chi connectivity index (χ1n) is 11.4. The van der Waals surface area contributed by atoms with Crippen LogP contribution in [-0.2, 0) is 12.1 Å². The molecule has 1 aliphatic carbocycles. The van der Waals surface area contributed by atoms with Crippen LogP contribution >= 0.6 is 0 Å². The predicted octanol–water partition coefficient (Wildman–Crippen LogP) is 4.35. The zero-order valence-corrected chi connectivity index (χ0v) is 18.9. The van der Waals surface area contributed by atoms with E-state index in [1.165, 1.54) is 6.42 Å². The number of Topliss-reactive ketones (excluding diaryl/α,β-unsaturated/α-hetero) is 1. The first kappa shape index (κ1) is 22.4. The second-order valence-corrected chi connectivity index (χ2v) is 9.51. The molecule has 1 heterocycles. The van der Waals surface area contributed by atoms with Gasteiger partial charge in [-0.1, -0.05) is 79.9 Å². The second-order valence-electron chi connectivity index (χ2n) is 9.51. The summed E-state index contributed by atoms with van der Waals surface area (Å²) in [4.78, 5) is 12.7. The summed E-state index contributed by atoms with van der Waals surface area (Å²) in [5, 5.41) is 20.5. The summed E-state index contributed by atoms with van der Waals surface area (Å²) in [6, 6.07) is 18.9. The van der Waals surface area contributed by atoms with Crippen LogP contribution in [0.25, 0.3) is 0 Å². The molecule has 32 heavy (non-hydrogen) atoms. The summed E-state index contributed by atoms with van der Waals surface area (Å²) in [5.41, 5.74) is 0.181. The van der Waals surface area contributed by atoms with Crippen LogP contribution in [0.3, 0.4) is 0 Å². The molecule has 1 aromatic heterocycles. The minimum atomic E-state index is -1.30. The third-order valence-corrected chi connectivity index (χ3v) is 6.43. The van der Waals surface area contributed by atoms with Gasteiger partial charge >= 0.3 is 0 Å². The summed E-state index contributed by atoms with van der Waals surface area (Å²) in [6.07, 6.45) is 5.22. The number of benzene rings is 2. The number of hydrogen-bond donors (Lipinski definition) is 1. The maximum absolute atomic E-state index is 12.7. The molecule has 0 spiro atoms. The van der Waals surface area contributed by atoms with E-state index in [9.17, 15) is 9.90 Å². The number of carbonyl (C=O) groups is 1. The minimum absolute atomic E-state index is 0.0362. The Morgan fingerprint density at radius 1 is 1.00 bits per heavy atom. The Kier molecular flexibility index (Phi) is 6.53. The Hall–Kier alpha value is -2.83. The average Bonchev–Trinajstić information content (AvgIpc) is 3.28. The molecular formula is C26H32N3O3+. The molecule has 2 aromatic carbocycles. The summed E-state index contributed by atoms with van der Waals surface area (Å²) in [7, 11) is 3.94. The quantitative estimate of drug-likeness (QED) is 0.421. The summed E-state index contributed by atoms with van der Waals surface area (Å²) in [6.45, 7) is 0.717. The minimum Gasteiger partial charge on any atom is -0.416 e. The highest BCUT2D eigenvalue weighted by Gasteiger charge is 2.45. The summed E-state index contributed by atoms with van der Waals surface area (Å²) in [5.74, 6) is 0.781. The van der Waals surface area contributed by atoms with Gasteiger partial charge in [-0.2, -0.15) is 0 Å². The number of rotatable bonds is 8. The Labute approximate surface area is 189 Å². The third-order valence-electron chi connectivity index (χ3n) is 6.43. The van der Waals surface area contributed by atoms with Gasteiger partial charge in [0.15, 0.2) is 12.1 Å². The molecule has 0 radical (unpaired) electrons. The van der Waals surface area contributed by atoms with Gasteiger partial charge in [-0.25, -0.2) is 0 Å². The number of hydrogen-bond acceptors (Lipinski definition) is 5. The van der Waals surface area contributed by atoms with Crippen LogP contribution in [0.4, 0.5) is 0 Å². The van der Waals surface area contributed by atoms with Gasteiger partial charge in [0.25, 0.3) is 11.8 Å². The number of carbonyl (C=O) groups excluding carboxylic acids is 1. The largest absolute Gasteiger partial charge is 0.416 e. The molecule has 0 bridgehead atoms. The highest BCUT2D eigenvalue weighted by molar-refractivity contribution is 5.96. The first-order chi connectivity index (χ1) is 15.4. The fourth-order valence-electron chi connectivity index (χ4n) is 4.74. The molecule has 1 saturated carbocycles. The number of quaternary nitrogens is 1. The number of ketones is 1. The van der Waals surface area contributed by atoms with Crippen LogP contribution in [0.15, 0.2) is 65.1 Å². The Morgan fingerprint density at radius 2 is 1.62 bits per heavy atom. The average molecular weight is 435 g/mol. The maximum Gasteiger partial charge on any atom is 0.271 e. The SMILES string of the molecule is C[N+](C)(CC(=O)c1ccccc1)Cc1nnc(C(O)(c2ccccc2)C2CCCCC2)o1.